The Bertz CT molecular complexity index is 365. The Morgan fingerprint density at radius 3 is 3.06 bits per heavy atom. The Hall–Kier alpha value is -1.22. The van der Waals surface area contributed by atoms with Crippen molar-refractivity contribution in [3.05, 3.63) is 23.8 Å². The van der Waals surface area contributed by atoms with Crippen LogP contribution in [-0.4, -0.2) is 18.3 Å². The third-order valence-electron chi connectivity index (χ3n) is 3.04. The van der Waals surface area contributed by atoms with E-state index < -0.39 is 0 Å². The lowest BCUT2D eigenvalue weighted by atomic mass is 9.95. The topological polar surface area (TPSA) is 35.5 Å². The van der Waals surface area contributed by atoms with E-state index >= 15 is 0 Å². The Kier molecular flexibility index (Phi) is 3.34. The van der Waals surface area contributed by atoms with E-state index in [1.807, 2.05) is 12.1 Å². The van der Waals surface area contributed by atoms with Gasteiger partial charge in [-0.15, -0.1) is 0 Å². The molecule has 1 aliphatic rings. The summed E-state index contributed by atoms with van der Waals surface area (Å²) in [5.74, 6) is 0.694. The van der Waals surface area contributed by atoms with Crippen LogP contribution in [0.4, 0.5) is 11.4 Å². The molecule has 0 aliphatic carbocycles. The molecule has 0 fully saturated rings. The smallest absolute Gasteiger partial charge is 0.0654 e. The zero-order valence-corrected chi connectivity index (χ0v) is 10.0. The van der Waals surface area contributed by atoms with Crippen LogP contribution >= 0.6 is 0 Å². The van der Waals surface area contributed by atoms with Gasteiger partial charge in [-0.05, 0) is 36.5 Å². The molecular weight excluding hydrogens is 200 g/mol. The fourth-order valence-electron chi connectivity index (χ4n) is 2.14. The van der Waals surface area contributed by atoms with Gasteiger partial charge < -0.3 is 5.32 Å². The highest BCUT2D eigenvalue weighted by atomic mass is 16.5. The van der Waals surface area contributed by atoms with Gasteiger partial charge in [0.15, 0.2) is 0 Å². The summed E-state index contributed by atoms with van der Waals surface area (Å²) in [6.07, 6.45) is 2.07. The molecule has 16 heavy (non-hydrogen) atoms. The summed E-state index contributed by atoms with van der Waals surface area (Å²) in [6.45, 7) is 6.01. The fourth-order valence-corrected chi connectivity index (χ4v) is 2.14. The molecule has 1 atom stereocenters. The summed E-state index contributed by atoms with van der Waals surface area (Å²) < 4.78 is 0. The van der Waals surface area contributed by atoms with Gasteiger partial charge in [0.05, 0.1) is 5.69 Å². The van der Waals surface area contributed by atoms with Crippen LogP contribution in [-0.2, 0) is 6.42 Å². The Morgan fingerprint density at radius 1 is 1.50 bits per heavy atom. The summed E-state index contributed by atoms with van der Waals surface area (Å²) in [4.78, 5) is 0. The van der Waals surface area contributed by atoms with Gasteiger partial charge in [0.2, 0.25) is 0 Å². The molecular formula is C13H20N2O. The van der Waals surface area contributed by atoms with Gasteiger partial charge in [0.1, 0.15) is 0 Å². The van der Waals surface area contributed by atoms with Gasteiger partial charge in [0, 0.05) is 18.8 Å². The predicted octanol–water partition coefficient (Wildman–Crippen LogP) is 2.90. The molecule has 1 aliphatic heterocycles. The van der Waals surface area contributed by atoms with E-state index in [-0.39, 0.29) is 0 Å². The van der Waals surface area contributed by atoms with Crippen LogP contribution in [0.3, 0.4) is 0 Å². The number of rotatable bonds is 3. The van der Waals surface area contributed by atoms with Crippen molar-refractivity contribution in [2.24, 2.45) is 5.92 Å². The van der Waals surface area contributed by atoms with Crippen molar-refractivity contribution >= 4 is 11.4 Å². The number of hydroxylamine groups is 1. The quantitative estimate of drug-likeness (QED) is 0.769. The van der Waals surface area contributed by atoms with E-state index in [0.29, 0.717) is 12.5 Å². The summed E-state index contributed by atoms with van der Waals surface area (Å²) in [6, 6.07) is 6.15. The van der Waals surface area contributed by atoms with E-state index in [9.17, 15) is 5.21 Å². The average Bonchev–Trinajstić information content (AvgIpc) is 2.28. The molecule has 1 unspecified atom stereocenters. The maximum Gasteiger partial charge on any atom is 0.0654 e. The minimum atomic E-state index is 0.676. The number of benzene rings is 1. The molecule has 3 nitrogen and oxygen atoms in total. The Balaban J connectivity index is 2.19. The zero-order chi connectivity index (χ0) is 11.5. The summed E-state index contributed by atoms with van der Waals surface area (Å²) in [7, 11) is 0. The first-order valence-corrected chi connectivity index (χ1v) is 6.04. The second kappa shape index (κ2) is 4.74. The average molecular weight is 220 g/mol. The molecule has 0 bridgehead atoms. The molecule has 0 radical (unpaired) electrons. The monoisotopic (exact) mass is 220 g/mol. The minimum Gasteiger partial charge on any atom is -0.384 e. The number of anilines is 2. The van der Waals surface area contributed by atoms with Gasteiger partial charge in [0.25, 0.3) is 0 Å². The highest BCUT2D eigenvalue weighted by molar-refractivity contribution is 5.62. The van der Waals surface area contributed by atoms with Crippen LogP contribution in [0.25, 0.3) is 0 Å². The van der Waals surface area contributed by atoms with Gasteiger partial charge in [-0.2, -0.15) is 0 Å². The van der Waals surface area contributed by atoms with E-state index in [2.05, 4.69) is 25.2 Å². The van der Waals surface area contributed by atoms with Gasteiger partial charge in [-0.25, -0.2) is 0 Å². The van der Waals surface area contributed by atoms with Gasteiger partial charge in [-0.1, -0.05) is 19.9 Å². The Labute approximate surface area is 97.0 Å². The number of nitrogens with zero attached hydrogens (tertiary/aromatic N) is 1. The number of fused-ring (bicyclic) bond motifs is 1. The Morgan fingerprint density at radius 2 is 2.31 bits per heavy atom. The highest BCUT2D eigenvalue weighted by Crippen LogP contribution is 2.28. The summed E-state index contributed by atoms with van der Waals surface area (Å²) in [5, 5.41) is 14.5. The third kappa shape index (κ3) is 2.30. The third-order valence-corrected chi connectivity index (χ3v) is 3.04. The van der Waals surface area contributed by atoms with E-state index in [1.54, 1.807) is 0 Å². The van der Waals surface area contributed by atoms with Crippen molar-refractivity contribution in [1.29, 1.82) is 0 Å². The largest absolute Gasteiger partial charge is 0.384 e. The van der Waals surface area contributed by atoms with Crippen LogP contribution in [0.2, 0.25) is 0 Å². The minimum absolute atomic E-state index is 0.676. The van der Waals surface area contributed by atoms with Crippen LogP contribution < -0.4 is 10.4 Å². The maximum absolute atomic E-state index is 9.78. The molecule has 88 valence electrons. The highest BCUT2D eigenvalue weighted by Gasteiger charge is 2.15. The summed E-state index contributed by atoms with van der Waals surface area (Å²) in [5.41, 5.74) is 3.40. The number of hydrogen-bond donors (Lipinski definition) is 2. The first-order valence-electron chi connectivity index (χ1n) is 6.04. The normalized spacial score (nSPS) is 18.8. The molecule has 1 aromatic rings. The molecule has 3 heteroatoms. The van der Waals surface area contributed by atoms with Crippen LogP contribution in [0.5, 0.6) is 0 Å². The van der Waals surface area contributed by atoms with E-state index in [1.165, 1.54) is 16.3 Å². The van der Waals surface area contributed by atoms with Crippen molar-refractivity contribution in [1.82, 2.24) is 0 Å². The van der Waals surface area contributed by atoms with Crippen LogP contribution in [0.1, 0.15) is 25.8 Å². The van der Waals surface area contributed by atoms with Crippen LogP contribution in [0.15, 0.2) is 18.2 Å². The second-order valence-electron chi connectivity index (χ2n) is 4.65. The molecule has 1 aromatic carbocycles. The van der Waals surface area contributed by atoms with Crippen molar-refractivity contribution in [2.45, 2.75) is 26.7 Å². The first-order chi connectivity index (χ1) is 7.70. The zero-order valence-electron chi connectivity index (χ0n) is 10.0. The molecule has 0 aromatic heterocycles. The first kappa shape index (κ1) is 11.3. The lowest BCUT2D eigenvalue weighted by Gasteiger charge is -2.25. The molecule has 2 rings (SSSR count). The predicted molar refractivity (Wildman–Crippen MR) is 67.2 cm³/mol. The lowest BCUT2D eigenvalue weighted by molar-refractivity contribution is 0.254. The number of hydrogen-bond acceptors (Lipinski definition) is 3. The standard InChI is InChI=1S/C13H20N2O/c1-3-6-15(16)12-5-4-11-7-10(2)9-14-13(11)8-12/h4-5,8,10,14,16H,3,6-7,9H2,1-2H3. The van der Waals surface area contributed by atoms with Crippen molar-refractivity contribution in [3.8, 4) is 0 Å². The molecule has 0 saturated carbocycles. The fraction of sp³-hybridized carbons (Fsp3) is 0.538. The molecule has 0 amide bonds. The van der Waals surface area contributed by atoms with Gasteiger partial charge >= 0.3 is 0 Å². The van der Waals surface area contributed by atoms with E-state index in [4.69, 9.17) is 0 Å². The summed E-state index contributed by atoms with van der Waals surface area (Å²) >= 11 is 0. The van der Waals surface area contributed by atoms with E-state index in [0.717, 1.165) is 25.1 Å². The maximum atomic E-state index is 9.78. The van der Waals surface area contributed by atoms with Crippen LogP contribution in [0, 0.1) is 5.92 Å². The molecule has 0 saturated heterocycles. The molecule has 2 N–H and O–H groups in total. The molecule has 0 spiro atoms. The molecule has 1 heterocycles. The number of nitrogens with one attached hydrogen (secondary N) is 1. The van der Waals surface area contributed by atoms with Crippen molar-refractivity contribution < 1.29 is 5.21 Å². The van der Waals surface area contributed by atoms with Crippen molar-refractivity contribution in [2.75, 3.05) is 23.5 Å². The second-order valence-corrected chi connectivity index (χ2v) is 4.65. The van der Waals surface area contributed by atoms with Gasteiger partial charge in [-0.3, -0.25) is 10.3 Å². The SMILES string of the molecule is CCCN(O)c1ccc2c(c1)NCC(C)C2. The van der Waals surface area contributed by atoms with Crippen molar-refractivity contribution in [3.63, 3.8) is 0 Å². The lowest BCUT2D eigenvalue weighted by Crippen LogP contribution is -2.22.